The quantitative estimate of drug-likeness (QED) is 0.615. The van der Waals surface area contributed by atoms with Crippen LogP contribution in [0.25, 0.3) is 0 Å². The molecule has 0 unspecified atom stereocenters. The number of nitrogens with zero attached hydrogens (tertiary/aromatic N) is 1. The van der Waals surface area contributed by atoms with Crippen molar-refractivity contribution < 1.29 is 9.72 Å². The number of hydrogen-bond acceptors (Lipinski definition) is 4. The van der Waals surface area contributed by atoms with E-state index in [1.807, 2.05) is 0 Å². The molecular formula is C12H14BrN3O3. The number of carbonyl (C=O) groups is 1. The Morgan fingerprint density at radius 2 is 2.21 bits per heavy atom. The van der Waals surface area contributed by atoms with E-state index in [1.165, 1.54) is 6.07 Å². The van der Waals surface area contributed by atoms with Gasteiger partial charge in [-0.2, -0.15) is 0 Å². The molecule has 1 saturated carbocycles. The van der Waals surface area contributed by atoms with Crippen molar-refractivity contribution in [1.29, 1.82) is 0 Å². The predicted molar refractivity (Wildman–Crippen MR) is 73.7 cm³/mol. The number of benzene rings is 1. The van der Waals surface area contributed by atoms with E-state index in [0.717, 1.165) is 17.3 Å². The molecule has 1 fully saturated rings. The number of hydrogen-bond donors (Lipinski definition) is 2. The van der Waals surface area contributed by atoms with Crippen molar-refractivity contribution in [3.8, 4) is 0 Å². The molecule has 1 aliphatic carbocycles. The van der Waals surface area contributed by atoms with Gasteiger partial charge >= 0.3 is 0 Å². The summed E-state index contributed by atoms with van der Waals surface area (Å²) in [5.74, 6) is -0.0693. The second kappa shape index (κ2) is 6.12. The third kappa shape index (κ3) is 4.29. The number of rotatable bonds is 6. The van der Waals surface area contributed by atoms with Gasteiger partial charge in [0.1, 0.15) is 0 Å². The molecule has 0 aromatic heterocycles. The molecule has 2 N–H and O–H groups in total. The summed E-state index contributed by atoms with van der Waals surface area (Å²) >= 11 is 3.28. The lowest BCUT2D eigenvalue weighted by Crippen LogP contribution is -2.34. The molecule has 0 atom stereocenters. The monoisotopic (exact) mass is 327 g/mol. The summed E-state index contributed by atoms with van der Waals surface area (Å²) < 4.78 is 0.775. The highest BCUT2D eigenvalue weighted by atomic mass is 79.9. The topological polar surface area (TPSA) is 84.3 Å². The Morgan fingerprint density at radius 1 is 1.47 bits per heavy atom. The van der Waals surface area contributed by atoms with Crippen molar-refractivity contribution in [3.05, 3.63) is 38.3 Å². The lowest BCUT2D eigenvalue weighted by atomic mass is 10.2. The number of nitrogens with one attached hydrogen (secondary N) is 2. The van der Waals surface area contributed by atoms with E-state index in [-0.39, 0.29) is 24.7 Å². The highest BCUT2D eigenvalue weighted by Gasteiger charge is 2.23. The second-order valence-corrected chi connectivity index (χ2v) is 5.39. The molecule has 1 aliphatic rings. The number of amides is 1. The van der Waals surface area contributed by atoms with Crippen molar-refractivity contribution in [2.75, 3.05) is 6.54 Å². The molecule has 1 amide bonds. The fourth-order valence-electron chi connectivity index (χ4n) is 1.69. The molecule has 7 heteroatoms. The third-order valence-electron chi connectivity index (χ3n) is 2.78. The summed E-state index contributed by atoms with van der Waals surface area (Å²) in [4.78, 5) is 21.9. The standard InChI is InChI=1S/C12H14BrN3O3/c13-9-1-4-11(16(18)19)8(5-9)6-14-7-12(17)15-10-2-3-10/h1,4-5,10,14H,2-3,6-7H2,(H,15,17). The Labute approximate surface area is 118 Å². The molecule has 19 heavy (non-hydrogen) atoms. The van der Waals surface area contributed by atoms with Gasteiger partial charge in [0.25, 0.3) is 5.69 Å². The summed E-state index contributed by atoms with van der Waals surface area (Å²) in [5, 5.41) is 16.6. The number of carbonyl (C=O) groups excluding carboxylic acids is 1. The molecule has 0 spiro atoms. The van der Waals surface area contributed by atoms with Crippen LogP contribution in [0.2, 0.25) is 0 Å². The molecule has 2 rings (SSSR count). The van der Waals surface area contributed by atoms with Gasteiger partial charge in [-0.25, -0.2) is 0 Å². The molecule has 1 aromatic rings. The normalized spacial score (nSPS) is 14.2. The van der Waals surface area contributed by atoms with Crippen LogP contribution in [0.15, 0.2) is 22.7 Å². The molecule has 102 valence electrons. The minimum Gasteiger partial charge on any atom is -0.352 e. The fraction of sp³-hybridized carbons (Fsp3) is 0.417. The van der Waals surface area contributed by atoms with Gasteiger partial charge in [-0.3, -0.25) is 14.9 Å². The minimum atomic E-state index is -0.423. The molecule has 6 nitrogen and oxygen atoms in total. The van der Waals surface area contributed by atoms with Gasteiger partial charge in [-0.1, -0.05) is 15.9 Å². The van der Waals surface area contributed by atoms with Crippen molar-refractivity contribution in [2.24, 2.45) is 0 Å². The third-order valence-corrected chi connectivity index (χ3v) is 3.27. The molecule has 0 radical (unpaired) electrons. The first kappa shape index (κ1) is 14.0. The SMILES string of the molecule is O=C(CNCc1cc(Br)ccc1[N+](=O)[O-])NC1CC1. The van der Waals surface area contributed by atoms with Crippen molar-refractivity contribution >= 4 is 27.5 Å². The van der Waals surface area contributed by atoms with E-state index in [9.17, 15) is 14.9 Å². The van der Waals surface area contributed by atoms with Crippen molar-refractivity contribution in [1.82, 2.24) is 10.6 Å². The van der Waals surface area contributed by atoms with Crippen molar-refractivity contribution in [3.63, 3.8) is 0 Å². The second-order valence-electron chi connectivity index (χ2n) is 4.48. The summed E-state index contributed by atoms with van der Waals surface area (Å²) in [5.41, 5.74) is 0.608. The van der Waals surface area contributed by atoms with Crippen LogP contribution in [0.3, 0.4) is 0 Å². The first-order valence-electron chi connectivity index (χ1n) is 5.99. The van der Waals surface area contributed by atoms with Crippen LogP contribution < -0.4 is 10.6 Å². The number of nitro benzene ring substituents is 1. The van der Waals surface area contributed by atoms with Crippen LogP contribution in [-0.2, 0) is 11.3 Å². The van der Waals surface area contributed by atoms with Gasteiger partial charge in [-0.05, 0) is 25.0 Å². The van der Waals surface area contributed by atoms with E-state index in [4.69, 9.17) is 0 Å². The maximum atomic E-state index is 11.5. The van der Waals surface area contributed by atoms with Gasteiger partial charge in [0, 0.05) is 28.7 Å². The zero-order chi connectivity index (χ0) is 13.8. The number of nitro groups is 1. The summed E-state index contributed by atoms with van der Waals surface area (Å²) in [6, 6.07) is 5.09. The molecule has 1 aromatic carbocycles. The largest absolute Gasteiger partial charge is 0.352 e. The average Bonchev–Trinajstić information content (AvgIpc) is 3.12. The van der Waals surface area contributed by atoms with Crippen LogP contribution in [-0.4, -0.2) is 23.4 Å². The van der Waals surface area contributed by atoms with Crippen molar-refractivity contribution in [2.45, 2.75) is 25.4 Å². The van der Waals surface area contributed by atoms with E-state index < -0.39 is 4.92 Å². The number of halogens is 1. The summed E-state index contributed by atoms with van der Waals surface area (Å²) in [6.45, 7) is 0.452. The van der Waals surface area contributed by atoms with Gasteiger partial charge in [0.05, 0.1) is 11.5 Å². The Hall–Kier alpha value is -1.47. The first-order valence-corrected chi connectivity index (χ1v) is 6.78. The van der Waals surface area contributed by atoms with Crippen LogP contribution in [0.4, 0.5) is 5.69 Å². The molecule has 0 bridgehead atoms. The lowest BCUT2D eigenvalue weighted by molar-refractivity contribution is -0.385. The molecule has 0 saturated heterocycles. The first-order chi connectivity index (χ1) is 9.06. The maximum Gasteiger partial charge on any atom is 0.273 e. The minimum absolute atomic E-state index is 0.0540. The zero-order valence-corrected chi connectivity index (χ0v) is 11.8. The lowest BCUT2D eigenvalue weighted by Gasteiger charge is -2.06. The van der Waals surface area contributed by atoms with Crippen LogP contribution in [0.1, 0.15) is 18.4 Å². The van der Waals surface area contributed by atoms with E-state index in [1.54, 1.807) is 12.1 Å². The average molecular weight is 328 g/mol. The fourth-order valence-corrected chi connectivity index (χ4v) is 2.10. The van der Waals surface area contributed by atoms with Gasteiger partial charge < -0.3 is 10.6 Å². The van der Waals surface area contributed by atoms with E-state index in [2.05, 4.69) is 26.6 Å². The van der Waals surface area contributed by atoms with Crippen LogP contribution in [0, 0.1) is 10.1 Å². The summed E-state index contributed by atoms with van der Waals surface area (Å²) in [6.07, 6.45) is 2.09. The Morgan fingerprint density at radius 3 is 2.84 bits per heavy atom. The van der Waals surface area contributed by atoms with Crippen LogP contribution >= 0.6 is 15.9 Å². The maximum absolute atomic E-state index is 11.5. The molecule has 0 heterocycles. The van der Waals surface area contributed by atoms with E-state index >= 15 is 0 Å². The zero-order valence-electron chi connectivity index (χ0n) is 10.2. The Bertz CT molecular complexity index is 503. The Kier molecular flexibility index (Phi) is 4.49. The highest BCUT2D eigenvalue weighted by molar-refractivity contribution is 9.10. The van der Waals surface area contributed by atoms with E-state index in [0.29, 0.717) is 11.6 Å². The Balaban J connectivity index is 1.88. The van der Waals surface area contributed by atoms with Gasteiger partial charge in [0.15, 0.2) is 0 Å². The molecular weight excluding hydrogens is 314 g/mol. The van der Waals surface area contributed by atoms with Gasteiger partial charge in [0.2, 0.25) is 5.91 Å². The highest BCUT2D eigenvalue weighted by Crippen LogP contribution is 2.22. The van der Waals surface area contributed by atoms with Crippen LogP contribution in [0.5, 0.6) is 0 Å². The smallest absolute Gasteiger partial charge is 0.273 e. The van der Waals surface area contributed by atoms with Gasteiger partial charge in [-0.15, -0.1) is 0 Å². The molecule has 0 aliphatic heterocycles. The summed E-state index contributed by atoms with van der Waals surface area (Å²) in [7, 11) is 0. The predicted octanol–water partition coefficient (Wildman–Crippen LogP) is 1.73.